The van der Waals surface area contributed by atoms with Gasteiger partial charge in [-0.05, 0) is 17.7 Å². The SMILES string of the molecule is COc1ccc(CC2(O)CNC2)cc1OC. The molecule has 0 aliphatic carbocycles. The highest BCUT2D eigenvalue weighted by molar-refractivity contribution is 5.43. The minimum atomic E-state index is -0.598. The number of benzene rings is 1. The minimum Gasteiger partial charge on any atom is -0.493 e. The van der Waals surface area contributed by atoms with E-state index in [4.69, 9.17) is 9.47 Å². The topological polar surface area (TPSA) is 50.7 Å². The van der Waals surface area contributed by atoms with Crippen molar-refractivity contribution in [2.75, 3.05) is 27.3 Å². The van der Waals surface area contributed by atoms with E-state index in [1.807, 2.05) is 18.2 Å². The molecule has 88 valence electrons. The number of rotatable bonds is 4. The molecule has 4 nitrogen and oxygen atoms in total. The monoisotopic (exact) mass is 223 g/mol. The van der Waals surface area contributed by atoms with E-state index in [0.29, 0.717) is 31.0 Å². The van der Waals surface area contributed by atoms with Gasteiger partial charge < -0.3 is 19.9 Å². The molecule has 1 aromatic rings. The lowest BCUT2D eigenvalue weighted by molar-refractivity contribution is -0.00905. The van der Waals surface area contributed by atoms with Gasteiger partial charge >= 0.3 is 0 Å². The molecule has 0 amide bonds. The van der Waals surface area contributed by atoms with E-state index >= 15 is 0 Å². The Bertz CT molecular complexity index is 375. The van der Waals surface area contributed by atoms with Crippen molar-refractivity contribution in [1.29, 1.82) is 0 Å². The third kappa shape index (κ3) is 2.13. The first-order valence-corrected chi connectivity index (χ1v) is 5.31. The van der Waals surface area contributed by atoms with Crippen LogP contribution in [-0.4, -0.2) is 38.0 Å². The number of β-amino-alcohol motifs (C(OH)–C–C–N with tert-alkyl or cyclic N) is 1. The Morgan fingerprint density at radius 2 is 1.94 bits per heavy atom. The normalized spacial score (nSPS) is 17.7. The van der Waals surface area contributed by atoms with Gasteiger partial charge in [-0.25, -0.2) is 0 Å². The van der Waals surface area contributed by atoms with Crippen LogP contribution in [0.3, 0.4) is 0 Å². The standard InChI is InChI=1S/C12H17NO3/c1-15-10-4-3-9(5-11(10)16-2)6-12(14)7-13-8-12/h3-5,13-14H,6-8H2,1-2H3. The second-order valence-corrected chi connectivity index (χ2v) is 4.19. The number of aliphatic hydroxyl groups is 1. The summed E-state index contributed by atoms with van der Waals surface area (Å²) in [6, 6.07) is 5.73. The molecule has 2 rings (SSSR count). The van der Waals surface area contributed by atoms with E-state index in [-0.39, 0.29) is 0 Å². The molecular weight excluding hydrogens is 206 g/mol. The van der Waals surface area contributed by atoms with Crippen molar-refractivity contribution in [2.45, 2.75) is 12.0 Å². The molecule has 1 heterocycles. The number of nitrogens with one attached hydrogen (secondary N) is 1. The highest BCUT2D eigenvalue weighted by atomic mass is 16.5. The highest BCUT2D eigenvalue weighted by Crippen LogP contribution is 2.29. The summed E-state index contributed by atoms with van der Waals surface area (Å²) in [4.78, 5) is 0. The van der Waals surface area contributed by atoms with E-state index in [1.54, 1.807) is 14.2 Å². The molecule has 4 heteroatoms. The fraction of sp³-hybridized carbons (Fsp3) is 0.500. The average Bonchev–Trinajstić information content (AvgIpc) is 2.26. The maximum atomic E-state index is 10.0. The summed E-state index contributed by atoms with van der Waals surface area (Å²) in [5.74, 6) is 1.42. The Balaban J connectivity index is 2.15. The molecule has 0 atom stereocenters. The summed E-state index contributed by atoms with van der Waals surface area (Å²) in [7, 11) is 3.22. The van der Waals surface area contributed by atoms with Gasteiger partial charge in [0.15, 0.2) is 11.5 Å². The maximum Gasteiger partial charge on any atom is 0.160 e. The van der Waals surface area contributed by atoms with Gasteiger partial charge in [-0.1, -0.05) is 6.07 Å². The zero-order valence-electron chi connectivity index (χ0n) is 9.62. The quantitative estimate of drug-likeness (QED) is 0.784. The smallest absolute Gasteiger partial charge is 0.160 e. The second-order valence-electron chi connectivity index (χ2n) is 4.19. The highest BCUT2D eigenvalue weighted by Gasteiger charge is 2.34. The maximum absolute atomic E-state index is 10.0. The fourth-order valence-electron chi connectivity index (χ4n) is 1.91. The Kier molecular flexibility index (Phi) is 3.03. The zero-order valence-corrected chi connectivity index (χ0v) is 9.62. The van der Waals surface area contributed by atoms with Crippen LogP contribution < -0.4 is 14.8 Å². The largest absolute Gasteiger partial charge is 0.493 e. The molecule has 1 aliphatic rings. The summed E-state index contributed by atoms with van der Waals surface area (Å²) in [6.07, 6.45) is 0.639. The zero-order chi connectivity index (χ0) is 11.6. The van der Waals surface area contributed by atoms with Crippen LogP contribution in [0.25, 0.3) is 0 Å². The summed E-state index contributed by atoms with van der Waals surface area (Å²) in [5.41, 5.74) is 0.459. The third-order valence-electron chi connectivity index (χ3n) is 2.89. The van der Waals surface area contributed by atoms with Crippen molar-refractivity contribution in [3.8, 4) is 11.5 Å². The fourth-order valence-corrected chi connectivity index (χ4v) is 1.91. The summed E-state index contributed by atoms with van der Waals surface area (Å²) in [5, 5.41) is 13.1. The summed E-state index contributed by atoms with van der Waals surface area (Å²) >= 11 is 0. The van der Waals surface area contributed by atoms with Gasteiger partial charge in [0.05, 0.1) is 19.8 Å². The van der Waals surface area contributed by atoms with Gasteiger partial charge in [0.25, 0.3) is 0 Å². The number of ether oxygens (including phenoxy) is 2. The number of hydrogen-bond acceptors (Lipinski definition) is 4. The van der Waals surface area contributed by atoms with Crippen LogP contribution in [0.5, 0.6) is 11.5 Å². The second kappa shape index (κ2) is 4.31. The molecule has 0 aromatic heterocycles. The first-order valence-electron chi connectivity index (χ1n) is 5.31. The molecule has 1 saturated heterocycles. The lowest BCUT2D eigenvalue weighted by atomic mass is 9.89. The third-order valence-corrected chi connectivity index (χ3v) is 2.89. The van der Waals surface area contributed by atoms with Gasteiger partial charge in [0.2, 0.25) is 0 Å². The van der Waals surface area contributed by atoms with Crippen LogP contribution in [-0.2, 0) is 6.42 Å². The van der Waals surface area contributed by atoms with Gasteiger partial charge in [-0.3, -0.25) is 0 Å². The van der Waals surface area contributed by atoms with Crippen molar-refractivity contribution >= 4 is 0 Å². The molecule has 2 N–H and O–H groups in total. The van der Waals surface area contributed by atoms with E-state index in [9.17, 15) is 5.11 Å². The molecule has 0 saturated carbocycles. The molecule has 0 unspecified atom stereocenters. The van der Waals surface area contributed by atoms with Crippen LogP contribution >= 0.6 is 0 Å². The predicted molar refractivity (Wildman–Crippen MR) is 61.1 cm³/mol. The van der Waals surface area contributed by atoms with E-state index in [1.165, 1.54) is 0 Å². The van der Waals surface area contributed by atoms with Gasteiger partial charge in [0, 0.05) is 19.5 Å². The van der Waals surface area contributed by atoms with Crippen molar-refractivity contribution in [1.82, 2.24) is 5.32 Å². The summed E-state index contributed by atoms with van der Waals surface area (Å²) < 4.78 is 10.4. The predicted octanol–water partition coefficient (Wildman–Crippen LogP) is 0.581. The lowest BCUT2D eigenvalue weighted by Gasteiger charge is -2.37. The lowest BCUT2D eigenvalue weighted by Crippen LogP contribution is -2.60. The van der Waals surface area contributed by atoms with Crippen LogP contribution in [0.2, 0.25) is 0 Å². The van der Waals surface area contributed by atoms with Crippen molar-refractivity contribution in [3.05, 3.63) is 23.8 Å². The number of hydrogen-bond donors (Lipinski definition) is 2. The Hall–Kier alpha value is -1.26. The van der Waals surface area contributed by atoms with Crippen molar-refractivity contribution < 1.29 is 14.6 Å². The molecule has 0 spiro atoms. The van der Waals surface area contributed by atoms with Gasteiger partial charge in [-0.2, -0.15) is 0 Å². The van der Waals surface area contributed by atoms with Crippen LogP contribution in [0, 0.1) is 0 Å². The molecular formula is C12H17NO3. The molecule has 1 aromatic carbocycles. The first kappa shape index (κ1) is 11.2. The number of methoxy groups -OCH3 is 2. The van der Waals surface area contributed by atoms with Crippen LogP contribution in [0.15, 0.2) is 18.2 Å². The van der Waals surface area contributed by atoms with Gasteiger partial charge in [-0.15, -0.1) is 0 Å². The molecule has 1 fully saturated rings. The first-order chi connectivity index (χ1) is 7.67. The Labute approximate surface area is 95.2 Å². The van der Waals surface area contributed by atoms with E-state index in [0.717, 1.165) is 5.56 Å². The molecule has 16 heavy (non-hydrogen) atoms. The van der Waals surface area contributed by atoms with Crippen LogP contribution in [0.4, 0.5) is 0 Å². The van der Waals surface area contributed by atoms with E-state index < -0.39 is 5.60 Å². The van der Waals surface area contributed by atoms with Crippen LogP contribution in [0.1, 0.15) is 5.56 Å². The molecule has 1 aliphatic heterocycles. The van der Waals surface area contributed by atoms with Crippen molar-refractivity contribution in [2.24, 2.45) is 0 Å². The molecule has 0 bridgehead atoms. The Morgan fingerprint density at radius 3 is 2.44 bits per heavy atom. The molecule has 0 radical (unpaired) electrons. The van der Waals surface area contributed by atoms with Gasteiger partial charge in [0.1, 0.15) is 0 Å². The average molecular weight is 223 g/mol. The van der Waals surface area contributed by atoms with Crippen molar-refractivity contribution in [3.63, 3.8) is 0 Å². The van der Waals surface area contributed by atoms with E-state index in [2.05, 4.69) is 5.32 Å². The Morgan fingerprint density at radius 1 is 1.25 bits per heavy atom. The minimum absolute atomic E-state index is 0.598. The summed E-state index contributed by atoms with van der Waals surface area (Å²) in [6.45, 7) is 1.31.